The zero-order valence-electron chi connectivity index (χ0n) is 10.9. The Morgan fingerprint density at radius 2 is 2.11 bits per heavy atom. The van der Waals surface area contributed by atoms with E-state index in [1.165, 1.54) is 6.08 Å². The summed E-state index contributed by atoms with van der Waals surface area (Å²) < 4.78 is 2.19. The van der Waals surface area contributed by atoms with Gasteiger partial charge in [0.15, 0.2) is 0 Å². The van der Waals surface area contributed by atoms with Crippen molar-refractivity contribution in [3.8, 4) is 0 Å². The second-order valence-electron chi connectivity index (χ2n) is 4.31. The standard InChI is InChI=1S/C15H19NO2S/c1-12(10-11-13-6-3-2-4-7-13)14(17)8-5-9-15(18)16-19/h2-7,9-12,14,17,19H,8H2,1H3,(H,16,18)/b9-5+,11-10+/t12-,14+/m1/s1. The van der Waals surface area contributed by atoms with E-state index in [9.17, 15) is 9.90 Å². The Bertz CT molecular complexity index is 443. The molecule has 0 fully saturated rings. The second kappa shape index (κ2) is 8.56. The molecule has 0 aliphatic rings. The first-order chi connectivity index (χ1) is 9.13. The van der Waals surface area contributed by atoms with Crippen LogP contribution in [-0.4, -0.2) is 17.1 Å². The Hall–Kier alpha value is -1.52. The Labute approximate surface area is 119 Å². The predicted octanol–water partition coefficient (Wildman–Crippen LogP) is 2.60. The first-order valence-electron chi connectivity index (χ1n) is 6.15. The van der Waals surface area contributed by atoms with Crippen molar-refractivity contribution in [2.45, 2.75) is 19.4 Å². The van der Waals surface area contributed by atoms with Crippen LogP contribution in [0.2, 0.25) is 0 Å². The largest absolute Gasteiger partial charge is 0.392 e. The highest BCUT2D eigenvalue weighted by Crippen LogP contribution is 2.12. The number of hydrogen-bond donors (Lipinski definition) is 3. The molecule has 0 aromatic heterocycles. The van der Waals surface area contributed by atoms with E-state index in [4.69, 9.17) is 0 Å². The van der Waals surface area contributed by atoms with E-state index in [0.717, 1.165) is 5.56 Å². The van der Waals surface area contributed by atoms with Gasteiger partial charge in [-0.15, -0.1) is 0 Å². The molecule has 4 heteroatoms. The third-order valence-electron chi connectivity index (χ3n) is 2.76. The van der Waals surface area contributed by atoms with Gasteiger partial charge < -0.3 is 5.11 Å². The first-order valence-corrected chi connectivity index (χ1v) is 6.60. The van der Waals surface area contributed by atoms with Crippen molar-refractivity contribution in [1.82, 2.24) is 4.72 Å². The molecular formula is C15H19NO2S. The molecule has 0 unspecified atom stereocenters. The zero-order valence-corrected chi connectivity index (χ0v) is 11.8. The minimum Gasteiger partial charge on any atom is -0.392 e. The van der Waals surface area contributed by atoms with Crippen molar-refractivity contribution in [1.29, 1.82) is 0 Å². The molecule has 19 heavy (non-hydrogen) atoms. The summed E-state index contributed by atoms with van der Waals surface area (Å²) in [7, 11) is 0. The number of hydrogen-bond acceptors (Lipinski definition) is 3. The number of benzene rings is 1. The SMILES string of the molecule is C[C@H](/C=C/c1ccccc1)[C@@H](O)C/C=C/C(=O)NS. The van der Waals surface area contributed by atoms with E-state index in [-0.39, 0.29) is 11.8 Å². The third kappa shape index (κ3) is 6.27. The quantitative estimate of drug-likeness (QED) is 0.553. The molecule has 0 radical (unpaired) electrons. The number of nitrogens with one attached hydrogen (secondary N) is 1. The summed E-state index contributed by atoms with van der Waals surface area (Å²) in [5.74, 6) is -0.271. The lowest BCUT2D eigenvalue weighted by atomic mass is 10.00. The maximum Gasteiger partial charge on any atom is 0.253 e. The highest BCUT2D eigenvalue weighted by molar-refractivity contribution is 7.78. The fourth-order valence-corrected chi connectivity index (χ4v) is 1.60. The summed E-state index contributed by atoms with van der Waals surface area (Å²) in [6, 6.07) is 9.92. The summed E-state index contributed by atoms with van der Waals surface area (Å²) >= 11 is 3.63. The van der Waals surface area contributed by atoms with Gasteiger partial charge in [0, 0.05) is 5.92 Å². The molecule has 1 aromatic rings. The van der Waals surface area contributed by atoms with Crippen LogP contribution in [0.1, 0.15) is 18.9 Å². The van der Waals surface area contributed by atoms with Crippen LogP contribution in [0.5, 0.6) is 0 Å². The molecule has 102 valence electrons. The van der Waals surface area contributed by atoms with Crippen LogP contribution in [-0.2, 0) is 4.79 Å². The summed E-state index contributed by atoms with van der Waals surface area (Å²) in [5, 5.41) is 9.93. The Balaban J connectivity index is 2.44. The van der Waals surface area contributed by atoms with Gasteiger partial charge in [0.05, 0.1) is 6.10 Å². The summed E-state index contributed by atoms with van der Waals surface area (Å²) in [6.45, 7) is 1.94. The molecule has 0 bridgehead atoms. The molecule has 1 aromatic carbocycles. The zero-order chi connectivity index (χ0) is 14.1. The van der Waals surface area contributed by atoms with Gasteiger partial charge in [-0.2, -0.15) is 0 Å². The molecule has 3 nitrogen and oxygen atoms in total. The van der Waals surface area contributed by atoms with Crippen molar-refractivity contribution in [3.63, 3.8) is 0 Å². The highest BCUT2D eigenvalue weighted by Gasteiger charge is 2.09. The van der Waals surface area contributed by atoms with Crippen LogP contribution in [0.15, 0.2) is 48.6 Å². The molecule has 0 saturated carbocycles. The van der Waals surface area contributed by atoms with Crippen LogP contribution in [0, 0.1) is 5.92 Å². The second-order valence-corrected chi connectivity index (χ2v) is 4.53. The lowest BCUT2D eigenvalue weighted by Crippen LogP contribution is -2.15. The maximum atomic E-state index is 10.9. The number of rotatable bonds is 6. The topological polar surface area (TPSA) is 49.3 Å². The molecule has 0 aliphatic heterocycles. The molecule has 2 N–H and O–H groups in total. The van der Waals surface area contributed by atoms with E-state index in [1.807, 2.05) is 49.4 Å². The normalized spacial score (nSPS) is 14.7. The van der Waals surface area contributed by atoms with E-state index in [2.05, 4.69) is 17.5 Å². The summed E-state index contributed by atoms with van der Waals surface area (Å²) in [6.07, 6.45) is 6.88. The van der Waals surface area contributed by atoms with Crippen molar-refractivity contribution in [2.24, 2.45) is 5.92 Å². The van der Waals surface area contributed by atoms with Gasteiger partial charge in [0.25, 0.3) is 5.91 Å². The lowest BCUT2D eigenvalue weighted by Gasteiger charge is -2.13. The smallest absolute Gasteiger partial charge is 0.253 e. The Morgan fingerprint density at radius 1 is 1.42 bits per heavy atom. The van der Waals surface area contributed by atoms with Gasteiger partial charge in [-0.05, 0) is 18.1 Å². The number of thiol groups is 1. The monoisotopic (exact) mass is 277 g/mol. The fourth-order valence-electron chi connectivity index (χ4n) is 1.52. The fraction of sp³-hybridized carbons (Fsp3) is 0.267. The number of aliphatic hydroxyl groups is 1. The van der Waals surface area contributed by atoms with E-state index < -0.39 is 6.10 Å². The molecule has 2 atom stereocenters. The third-order valence-corrected chi connectivity index (χ3v) is 2.98. The van der Waals surface area contributed by atoms with Gasteiger partial charge in [0.2, 0.25) is 0 Å². The highest BCUT2D eigenvalue weighted by atomic mass is 32.1. The van der Waals surface area contributed by atoms with Crippen molar-refractivity contribution in [3.05, 3.63) is 54.1 Å². The Morgan fingerprint density at radius 3 is 2.74 bits per heavy atom. The van der Waals surface area contributed by atoms with Crippen LogP contribution >= 0.6 is 12.8 Å². The molecular weight excluding hydrogens is 258 g/mol. The van der Waals surface area contributed by atoms with Crippen LogP contribution in [0.3, 0.4) is 0 Å². The first kappa shape index (κ1) is 15.5. The number of aliphatic hydroxyl groups excluding tert-OH is 1. The van der Waals surface area contributed by atoms with Crippen LogP contribution in [0.25, 0.3) is 6.08 Å². The van der Waals surface area contributed by atoms with Gasteiger partial charge in [-0.25, -0.2) is 0 Å². The molecule has 0 aliphatic carbocycles. The maximum absolute atomic E-state index is 10.9. The number of carbonyl (C=O) groups excluding carboxylic acids is 1. The van der Waals surface area contributed by atoms with Crippen molar-refractivity contribution in [2.75, 3.05) is 0 Å². The Kier molecular flexibility index (Phi) is 7.00. The average Bonchev–Trinajstić information content (AvgIpc) is 2.45. The number of carbonyl (C=O) groups is 1. The summed E-state index contributed by atoms with van der Waals surface area (Å²) in [4.78, 5) is 10.9. The molecule has 1 rings (SSSR count). The van der Waals surface area contributed by atoms with E-state index >= 15 is 0 Å². The van der Waals surface area contributed by atoms with Gasteiger partial charge in [-0.1, -0.05) is 68.3 Å². The van der Waals surface area contributed by atoms with Crippen LogP contribution < -0.4 is 4.72 Å². The number of amides is 1. The lowest BCUT2D eigenvalue weighted by molar-refractivity contribution is -0.114. The predicted molar refractivity (Wildman–Crippen MR) is 81.5 cm³/mol. The van der Waals surface area contributed by atoms with Crippen LogP contribution in [0.4, 0.5) is 0 Å². The molecule has 0 heterocycles. The van der Waals surface area contributed by atoms with Crippen molar-refractivity contribution < 1.29 is 9.90 Å². The van der Waals surface area contributed by atoms with Gasteiger partial charge in [-0.3, -0.25) is 9.52 Å². The minimum atomic E-state index is -0.510. The minimum absolute atomic E-state index is 0.0175. The average molecular weight is 277 g/mol. The summed E-state index contributed by atoms with van der Waals surface area (Å²) in [5.41, 5.74) is 1.10. The van der Waals surface area contributed by atoms with Gasteiger partial charge >= 0.3 is 0 Å². The molecule has 0 spiro atoms. The van der Waals surface area contributed by atoms with E-state index in [0.29, 0.717) is 6.42 Å². The van der Waals surface area contributed by atoms with Gasteiger partial charge in [0.1, 0.15) is 0 Å². The molecule has 0 saturated heterocycles. The van der Waals surface area contributed by atoms with Crippen molar-refractivity contribution >= 4 is 24.8 Å². The van der Waals surface area contributed by atoms with E-state index in [1.54, 1.807) is 6.08 Å². The molecule has 1 amide bonds.